The maximum absolute atomic E-state index is 12.8. The van der Waals surface area contributed by atoms with Gasteiger partial charge in [-0.25, -0.2) is 9.67 Å². The number of nitrogens with zero attached hydrogens (tertiary/aromatic N) is 4. The van der Waals surface area contributed by atoms with E-state index in [0.717, 1.165) is 18.4 Å². The topological polar surface area (TPSA) is 106 Å². The molecule has 0 fully saturated rings. The highest BCUT2D eigenvalue weighted by Gasteiger charge is 2.22. The molecule has 2 N–H and O–H groups in total. The lowest BCUT2D eigenvalue weighted by Crippen LogP contribution is -2.33. The number of aryl methyl sites for hydroxylation is 2. The van der Waals surface area contributed by atoms with Crippen molar-refractivity contribution in [1.29, 1.82) is 0 Å². The molecule has 0 saturated carbocycles. The summed E-state index contributed by atoms with van der Waals surface area (Å²) in [5.41, 5.74) is 0.812. The van der Waals surface area contributed by atoms with Crippen LogP contribution in [0.1, 0.15) is 53.5 Å². The van der Waals surface area contributed by atoms with Crippen LogP contribution in [-0.2, 0) is 6.54 Å². The van der Waals surface area contributed by atoms with Crippen LogP contribution in [0, 0.1) is 6.92 Å². The zero-order chi connectivity index (χ0) is 19.2. The Morgan fingerprint density at radius 1 is 1.22 bits per heavy atom. The summed E-state index contributed by atoms with van der Waals surface area (Å²) in [5.74, 6) is 0.731. The molecule has 2 aromatic heterocycles. The number of hydrogen-bond acceptors (Lipinski definition) is 5. The fourth-order valence-electron chi connectivity index (χ4n) is 2.67. The van der Waals surface area contributed by atoms with E-state index in [1.54, 1.807) is 6.92 Å². The lowest BCUT2D eigenvalue weighted by molar-refractivity contribution is 0.0934. The van der Waals surface area contributed by atoms with Crippen LogP contribution < -0.4 is 10.9 Å². The van der Waals surface area contributed by atoms with E-state index in [9.17, 15) is 9.59 Å². The van der Waals surface area contributed by atoms with E-state index in [2.05, 4.69) is 25.6 Å². The normalized spacial score (nSPS) is 11.9. The van der Waals surface area contributed by atoms with Gasteiger partial charge in [-0.05, 0) is 25.0 Å². The van der Waals surface area contributed by atoms with Crippen molar-refractivity contribution in [3.8, 4) is 0 Å². The van der Waals surface area contributed by atoms with Crippen LogP contribution in [0.4, 0.5) is 0 Å². The van der Waals surface area contributed by atoms with E-state index < -0.39 is 11.9 Å². The molecule has 8 nitrogen and oxygen atoms in total. The first-order chi connectivity index (χ1) is 13.1. The van der Waals surface area contributed by atoms with Gasteiger partial charge in [-0.3, -0.25) is 14.7 Å². The van der Waals surface area contributed by atoms with Gasteiger partial charge in [0.25, 0.3) is 11.5 Å². The van der Waals surface area contributed by atoms with Crippen molar-refractivity contribution in [3.05, 3.63) is 75.7 Å². The Bertz CT molecular complexity index is 964. The molecule has 3 rings (SSSR count). The Balaban J connectivity index is 1.88. The number of carbonyl (C=O) groups excluding carboxylic acids is 1. The number of unbranched alkanes of at least 4 members (excludes halogenated alkanes) is 1. The van der Waals surface area contributed by atoms with Crippen LogP contribution in [0.5, 0.6) is 0 Å². The lowest BCUT2D eigenvalue weighted by Gasteiger charge is -2.16. The van der Waals surface area contributed by atoms with Crippen LogP contribution in [-0.4, -0.2) is 30.9 Å². The first-order valence-electron chi connectivity index (χ1n) is 8.91. The summed E-state index contributed by atoms with van der Waals surface area (Å²) in [4.78, 5) is 29.1. The molecule has 0 aliphatic heterocycles. The van der Waals surface area contributed by atoms with Gasteiger partial charge >= 0.3 is 0 Å². The third-order valence-corrected chi connectivity index (χ3v) is 4.10. The zero-order valence-electron chi connectivity index (χ0n) is 15.3. The summed E-state index contributed by atoms with van der Waals surface area (Å²) in [7, 11) is 0. The summed E-state index contributed by atoms with van der Waals surface area (Å²) in [6.45, 7) is 4.31. The molecule has 0 aliphatic carbocycles. The molecule has 0 saturated heterocycles. The molecule has 1 aromatic carbocycles. The van der Waals surface area contributed by atoms with Crippen LogP contribution >= 0.6 is 0 Å². The smallest absolute Gasteiger partial charge is 0.272 e. The molecule has 0 radical (unpaired) electrons. The van der Waals surface area contributed by atoms with Gasteiger partial charge in [0.15, 0.2) is 5.82 Å². The summed E-state index contributed by atoms with van der Waals surface area (Å²) in [6, 6.07) is 11.7. The van der Waals surface area contributed by atoms with Crippen molar-refractivity contribution < 1.29 is 4.79 Å². The van der Waals surface area contributed by atoms with Gasteiger partial charge in [-0.1, -0.05) is 43.7 Å². The molecular formula is C19H22N6O2. The summed E-state index contributed by atoms with van der Waals surface area (Å²) >= 11 is 0. The Morgan fingerprint density at radius 3 is 2.67 bits per heavy atom. The minimum absolute atomic E-state index is 0.180. The number of benzene rings is 1. The van der Waals surface area contributed by atoms with E-state index in [1.807, 2.05) is 37.3 Å². The predicted molar refractivity (Wildman–Crippen MR) is 100 cm³/mol. The largest absolute Gasteiger partial charge is 0.336 e. The second-order valence-corrected chi connectivity index (χ2v) is 6.23. The van der Waals surface area contributed by atoms with Gasteiger partial charge in [0.1, 0.15) is 17.6 Å². The standard InChI is InChI=1S/C19H22N6O2/c1-3-4-12-25-16(26)11-10-15(24-25)19(27)21-17(14-8-6-5-7-9-14)18-20-13(2)22-23-18/h5-11,17H,3-4,12H2,1-2H3,(H,21,27)(H,20,22,23). The summed E-state index contributed by atoms with van der Waals surface area (Å²) in [5, 5.41) is 14.1. The molecule has 27 heavy (non-hydrogen) atoms. The minimum atomic E-state index is -0.526. The van der Waals surface area contributed by atoms with E-state index in [-0.39, 0.29) is 11.3 Å². The van der Waals surface area contributed by atoms with Crippen LogP contribution in [0.2, 0.25) is 0 Å². The van der Waals surface area contributed by atoms with E-state index >= 15 is 0 Å². The monoisotopic (exact) mass is 366 g/mol. The van der Waals surface area contributed by atoms with Crippen molar-refractivity contribution in [1.82, 2.24) is 30.3 Å². The number of H-pyrrole nitrogens is 1. The van der Waals surface area contributed by atoms with Crippen LogP contribution in [0.25, 0.3) is 0 Å². The van der Waals surface area contributed by atoms with Crippen LogP contribution in [0.15, 0.2) is 47.3 Å². The summed E-state index contributed by atoms with van der Waals surface area (Å²) in [6.07, 6.45) is 1.76. The number of aromatic nitrogens is 5. The Kier molecular flexibility index (Phi) is 5.75. The third kappa shape index (κ3) is 4.46. The molecule has 1 atom stereocenters. The van der Waals surface area contributed by atoms with E-state index in [1.165, 1.54) is 16.8 Å². The molecule has 0 bridgehead atoms. The maximum Gasteiger partial charge on any atom is 0.272 e. The second-order valence-electron chi connectivity index (χ2n) is 6.23. The molecule has 140 valence electrons. The van der Waals surface area contributed by atoms with Crippen molar-refractivity contribution in [2.75, 3.05) is 0 Å². The Morgan fingerprint density at radius 2 is 2.00 bits per heavy atom. The maximum atomic E-state index is 12.8. The molecule has 8 heteroatoms. The quantitative estimate of drug-likeness (QED) is 0.665. The van der Waals surface area contributed by atoms with Gasteiger partial charge in [-0.2, -0.15) is 10.2 Å². The Hall–Kier alpha value is -3.29. The number of hydrogen-bond donors (Lipinski definition) is 2. The zero-order valence-corrected chi connectivity index (χ0v) is 15.3. The Labute approximate surface area is 156 Å². The van der Waals surface area contributed by atoms with Gasteiger partial charge in [0.05, 0.1) is 0 Å². The number of carbonyl (C=O) groups is 1. The highest BCUT2D eigenvalue weighted by molar-refractivity contribution is 5.92. The lowest BCUT2D eigenvalue weighted by atomic mass is 10.1. The van der Waals surface area contributed by atoms with E-state index in [0.29, 0.717) is 18.2 Å². The average Bonchev–Trinajstić information content (AvgIpc) is 3.12. The summed E-state index contributed by atoms with van der Waals surface area (Å²) < 4.78 is 1.33. The third-order valence-electron chi connectivity index (χ3n) is 4.10. The SMILES string of the molecule is CCCCn1nc(C(=O)NC(c2ccccc2)c2n[nH]c(C)n2)ccc1=O. The van der Waals surface area contributed by atoms with Crippen molar-refractivity contribution in [3.63, 3.8) is 0 Å². The number of aromatic amines is 1. The van der Waals surface area contributed by atoms with Crippen molar-refractivity contribution in [2.24, 2.45) is 0 Å². The number of nitrogens with one attached hydrogen (secondary N) is 2. The number of amides is 1. The van der Waals surface area contributed by atoms with E-state index in [4.69, 9.17) is 0 Å². The average molecular weight is 366 g/mol. The predicted octanol–water partition coefficient (Wildman–Crippen LogP) is 1.99. The molecule has 0 spiro atoms. The highest BCUT2D eigenvalue weighted by Crippen LogP contribution is 2.19. The highest BCUT2D eigenvalue weighted by atomic mass is 16.2. The molecule has 1 unspecified atom stereocenters. The van der Waals surface area contributed by atoms with Crippen LogP contribution in [0.3, 0.4) is 0 Å². The first kappa shape index (κ1) is 18.5. The fourth-order valence-corrected chi connectivity index (χ4v) is 2.67. The second kappa shape index (κ2) is 8.39. The van der Waals surface area contributed by atoms with Crippen molar-refractivity contribution >= 4 is 5.91 Å². The molecule has 0 aliphatic rings. The van der Waals surface area contributed by atoms with Gasteiger partial charge in [0.2, 0.25) is 0 Å². The van der Waals surface area contributed by atoms with Gasteiger partial charge in [-0.15, -0.1) is 0 Å². The van der Waals surface area contributed by atoms with Gasteiger partial charge < -0.3 is 5.32 Å². The van der Waals surface area contributed by atoms with Crippen molar-refractivity contribution in [2.45, 2.75) is 39.3 Å². The molecular weight excluding hydrogens is 344 g/mol. The molecule has 2 heterocycles. The fraction of sp³-hybridized carbons (Fsp3) is 0.316. The van der Waals surface area contributed by atoms with Gasteiger partial charge in [0, 0.05) is 12.6 Å². The number of rotatable bonds is 7. The molecule has 3 aromatic rings. The first-order valence-corrected chi connectivity index (χ1v) is 8.91. The minimum Gasteiger partial charge on any atom is -0.336 e. The molecule has 1 amide bonds.